The van der Waals surface area contributed by atoms with E-state index in [0.29, 0.717) is 9.90 Å². The molecule has 5 heteroatoms. The highest BCUT2D eigenvalue weighted by atomic mass is 127. The zero-order chi connectivity index (χ0) is 10.3. The first kappa shape index (κ1) is 10.2. The van der Waals surface area contributed by atoms with Gasteiger partial charge in [-0.1, -0.05) is 11.6 Å². The van der Waals surface area contributed by atoms with Gasteiger partial charge in [0.05, 0.1) is 9.72 Å². The molecule has 0 aliphatic heterocycles. The van der Waals surface area contributed by atoms with Gasteiger partial charge in [0.2, 0.25) is 0 Å². The first-order chi connectivity index (χ1) is 6.58. The van der Waals surface area contributed by atoms with Crippen LogP contribution in [0.2, 0.25) is 5.02 Å². The third kappa shape index (κ3) is 1.74. The molecule has 0 atom stereocenters. The van der Waals surface area contributed by atoms with E-state index in [1.807, 2.05) is 12.1 Å². The fraction of sp³-hybridized carbons (Fsp3) is 0. The Balaban J connectivity index is 2.76. The van der Waals surface area contributed by atoms with Gasteiger partial charge in [0.25, 0.3) is 0 Å². The number of rotatable bonds is 1. The van der Waals surface area contributed by atoms with Crippen LogP contribution in [0.25, 0.3) is 10.1 Å². The summed E-state index contributed by atoms with van der Waals surface area (Å²) in [5, 5.41) is 10.3. The molecule has 0 aliphatic carbocycles. The van der Waals surface area contributed by atoms with Crippen molar-refractivity contribution in [2.45, 2.75) is 0 Å². The first-order valence-corrected chi connectivity index (χ1v) is 5.97. The average molecular weight is 339 g/mol. The predicted molar refractivity (Wildman–Crippen MR) is 66.5 cm³/mol. The van der Waals surface area contributed by atoms with Crippen molar-refractivity contribution in [1.29, 1.82) is 0 Å². The second kappa shape index (κ2) is 3.67. The molecule has 1 heterocycles. The van der Waals surface area contributed by atoms with Crippen LogP contribution in [0.4, 0.5) is 0 Å². The Kier molecular flexibility index (Phi) is 2.68. The van der Waals surface area contributed by atoms with E-state index in [4.69, 9.17) is 16.7 Å². The van der Waals surface area contributed by atoms with Crippen LogP contribution in [0.5, 0.6) is 0 Å². The van der Waals surface area contributed by atoms with Crippen LogP contribution < -0.4 is 0 Å². The average Bonchev–Trinajstić information content (AvgIpc) is 2.47. The highest BCUT2D eigenvalue weighted by molar-refractivity contribution is 14.1. The molecule has 0 saturated heterocycles. The molecule has 1 N–H and O–H groups in total. The lowest BCUT2D eigenvalue weighted by molar-refractivity contribution is 0.0702. The van der Waals surface area contributed by atoms with Crippen LogP contribution in [0, 0.1) is 3.57 Å². The maximum absolute atomic E-state index is 10.7. The lowest BCUT2D eigenvalue weighted by Gasteiger charge is -1.93. The molecule has 2 rings (SSSR count). The van der Waals surface area contributed by atoms with E-state index in [-0.39, 0.29) is 0 Å². The van der Waals surface area contributed by atoms with Crippen molar-refractivity contribution in [3.8, 4) is 0 Å². The molecule has 2 aromatic rings. The van der Waals surface area contributed by atoms with Crippen molar-refractivity contribution < 1.29 is 9.90 Å². The maximum atomic E-state index is 10.7. The minimum Gasteiger partial charge on any atom is -0.477 e. The Hall–Kier alpha value is -0.330. The van der Waals surface area contributed by atoms with Crippen molar-refractivity contribution in [1.82, 2.24) is 0 Å². The van der Waals surface area contributed by atoms with Crippen LogP contribution >= 0.6 is 45.5 Å². The van der Waals surface area contributed by atoms with E-state index >= 15 is 0 Å². The summed E-state index contributed by atoms with van der Waals surface area (Å²) in [7, 11) is 0. The number of hydrogen-bond donors (Lipinski definition) is 1. The third-order valence-electron chi connectivity index (χ3n) is 1.75. The van der Waals surface area contributed by atoms with Gasteiger partial charge in [-0.25, -0.2) is 4.79 Å². The number of thiophene rings is 1. The molecule has 0 bridgehead atoms. The van der Waals surface area contributed by atoms with Gasteiger partial charge in [-0.3, -0.25) is 0 Å². The summed E-state index contributed by atoms with van der Waals surface area (Å²) in [5.74, 6) is -0.905. The topological polar surface area (TPSA) is 37.3 Å². The maximum Gasteiger partial charge on any atom is 0.345 e. The molecule has 0 unspecified atom stereocenters. The number of halogens is 2. The van der Waals surface area contributed by atoms with Crippen molar-refractivity contribution in [2.24, 2.45) is 0 Å². The van der Waals surface area contributed by atoms with Gasteiger partial charge in [-0.2, -0.15) is 0 Å². The molecule has 0 fully saturated rings. The Morgan fingerprint density at radius 1 is 1.43 bits per heavy atom. The Morgan fingerprint density at radius 3 is 2.79 bits per heavy atom. The molecule has 1 aromatic carbocycles. The second-order valence-electron chi connectivity index (χ2n) is 2.72. The minimum atomic E-state index is -0.905. The van der Waals surface area contributed by atoms with Gasteiger partial charge in [0.1, 0.15) is 4.88 Å². The first-order valence-electron chi connectivity index (χ1n) is 3.70. The van der Waals surface area contributed by atoms with E-state index in [0.717, 1.165) is 13.7 Å². The summed E-state index contributed by atoms with van der Waals surface area (Å²) in [5.41, 5.74) is 0. The molecular weight excluding hydrogens is 335 g/mol. The number of hydrogen-bond acceptors (Lipinski definition) is 2. The van der Waals surface area contributed by atoms with E-state index < -0.39 is 5.97 Å². The Labute approximate surface area is 103 Å². The fourth-order valence-electron chi connectivity index (χ4n) is 1.18. The molecule has 0 spiro atoms. The van der Waals surface area contributed by atoms with Crippen molar-refractivity contribution in [2.75, 3.05) is 0 Å². The third-order valence-corrected chi connectivity index (χ3v) is 3.95. The van der Waals surface area contributed by atoms with Crippen molar-refractivity contribution in [3.05, 3.63) is 31.7 Å². The van der Waals surface area contributed by atoms with E-state index in [1.165, 1.54) is 11.3 Å². The SMILES string of the molecule is O=C(O)c1cc2cc(I)cc(Cl)c2s1. The lowest BCUT2D eigenvalue weighted by atomic mass is 10.2. The molecule has 0 amide bonds. The fourth-order valence-corrected chi connectivity index (χ4v) is 3.24. The number of carboxylic acids is 1. The summed E-state index contributed by atoms with van der Waals surface area (Å²) >= 11 is 9.35. The largest absolute Gasteiger partial charge is 0.477 e. The van der Waals surface area contributed by atoms with Crippen molar-refractivity contribution >= 4 is 61.6 Å². The zero-order valence-corrected chi connectivity index (χ0v) is 10.5. The van der Waals surface area contributed by atoms with Crippen LogP contribution in [-0.4, -0.2) is 11.1 Å². The summed E-state index contributed by atoms with van der Waals surface area (Å²) in [4.78, 5) is 11.1. The van der Waals surface area contributed by atoms with Gasteiger partial charge >= 0.3 is 5.97 Å². The van der Waals surface area contributed by atoms with Gasteiger partial charge in [0.15, 0.2) is 0 Å². The number of aromatic carboxylic acids is 1. The van der Waals surface area contributed by atoms with Gasteiger partial charge < -0.3 is 5.11 Å². The highest BCUT2D eigenvalue weighted by Crippen LogP contribution is 2.33. The van der Waals surface area contributed by atoms with Crippen LogP contribution in [0.1, 0.15) is 9.67 Å². The number of benzene rings is 1. The summed E-state index contributed by atoms with van der Waals surface area (Å²) in [6.45, 7) is 0. The number of fused-ring (bicyclic) bond motifs is 1. The Bertz CT molecular complexity index is 521. The summed E-state index contributed by atoms with van der Waals surface area (Å²) < 4.78 is 1.85. The standard InChI is InChI=1S/C9H4ClIO2S/c10-6-3-5(11)1-4-2-7(9(12)13)14-8(4)6/h1-3H,(H,12,13). The van der Waals surface area contributed by atoms with Crippen LogP contribution in [0.3, 0.4) is 0 Å². The van der Waals surface area contributed by atoms with Crippen LogP contribution in [0.15, 0.2) is 18.2 Å². The molecule has 72 valence electrons. The van der Waals surface area contributed by atoms with E-state index in [1.54, 1.807) is 6.07 Å². The zero-order valence-electron chi connectivity index (χ0n) is 6.75. The highest BCUT2D eigenvalue weighted by Gasteiger charge is 2.10. The quantitative estimate of drug-likeness (QED) is 0.802. The summed E-state index contributed by atoms with van der Waals surface area (Å²) in [6.07, 6.45) is 0. The smallest absolute Gasteiger partial charge is 0.345 e. The van der Waals surface area contributed by atoms with Gasteiger partial charge in [-0.05, 0) is 46.2 Å². The molecular formula is C9H4ClIO2S. The second-order valence-corrected chi connectivity index (χ2v) is 5.43. The molecule has 0 radical (unpaired) electrons. The van der Waals surface area contributed by atoms with Crippen LogP contribution in [-0.2, 0) is 0 Å². The lowest BCUT2D eigenvalue weighted by Crippen LogP contribution is -1.89. The molecule has 14 heavy (non-hydrogen) atoms. The van der Waals surface area contributed by atoms with Gasteiger partial charge in [0, 0.05) is 3.57 Å². The molecule has 1 aromatic heterocycles. The number of carbonyl (C=O) groups is 1. The molecule has 2 nitrogen and oxygen atoms in total. The van der Waals surface area contributed by atoms with E-state index in [2.05, 4.69) is 22.6 Å². The molecule has 0 aliphatic rings. The Morgan fingerprint density at radius 2 is 2.14 bits per heavy atom. The summed E-state index contributed by atoms with van der Waals surface area (Å²) in [6, 6.07) is 5.40. The van der Waals surface area contributed by atoms with Crippen molar-refractivity contribution in [3.63, 3.8) is 0 Å². The predicted octanol–water partition coefficient (Wildman–Crippen LogP) is 3.86. The normalized spacial score (nSPS) is 10.7. The van der Waals surface area contributed by atoms with Gasteiger partial charge in [-0.15, -0.1) is 11.3 Å². The van der Waals surface area contributed by atoms with E-state index in [9.17, 15) is 4.79 Å². The molecule has 0 saturated carbocycles. The minimum absolute atomic E-state index is 0.323. The monoisotopic (exact) mass is 338 g/mol. The number of carboxylic acid groups (broad SMARTS) is 1.